The summed E-state index contributed by atoms with van der Waals surface area (Å²) in [6.45, 7) is 2.89. The van der Waals surface area contributed by atoms with E-state index in [9.17, 15) is 0 Å². The molecule has 0 radical (unpaired) electrons. The van der Waals surface area contributed by atoms with Crippen LogP contribution in [-0.2, 0) is 0 Å². The number of anilines is 1. The van der Waals surface area contributed by atoms with Crippen LogP contribution < -0.4 is 5.32 Å². The van der Waals surface area contributed by atoms with Gasteiger partial charge >= 0.3 is 0 Å². The Kier molecular flexibility index (Phi) is 5.24. The Labute approximate surface area is 126 Å². The summed E-state index contributed by atoms with van der Waals surface area (Å²) in [7, 11) is 0. The second kappa shape index (κ2) is 6.93. The van der Waals surface area contributed by atoms with Crippen molar-refractivity contribution in [2.45, 2.75) is 23.4 Å². The van der Waals surface area contributed by atoms with Gasteiger partial charge in [0.05, 0.1) is 16.2 Å². The first-order valence-electron chi connectivity index (χ1n) is 5.75. The molecule has 0 amide bonds. The summed E-state index contributed by atoms with van der Waals surface area (Å²) in [4.78, 5) is 12.7. The molecule has 0 bridgehead atoms. The van der Waals surface area contributed by atoms with Gasteiger partial charge in [-0.2, -0.15) is 0 Å². The van der Waals surface area contributed by atoms with E-state index in [1.54, 1.807) is 24.5 Å². The highest BCUT2D eigenvalue weighted by molar-refractivity contribution is 7.99. The summed E-state index contributed by atoms with van der Waals surface area (Å²) < 4.78 is 0. The van der Waals surface area contributed by atoms with Crippen molar-refractivity contribution in [1.82, 2.24) is 15.0 Å². The summed E-state index contributed by atoms with van der Waals surface area (Å²) in [5.41, 5.74) is 0. The van der Waals surface area contributed by atoms with Gasteiger partial charge in [-0.25, -0.2) is 15.0 Å². The predicted octanol–water partition coefficient (Wildman–Crippen LogP) is 4.15. The Hall–Kier alpha value is -1.04. The number of aromatic nitrogens is 3. The van der Waals surface area contributed by atoms with Crippen molar-refractivity contribution in [3.63, 3.8) is 0 Å². The number of rotatable bonds is 5. The van der Waals surface area contributed by atoms with Crippen molar-refractivity contribution < 1.29 is 0 Å². The number of pyridine rings is 1. The van der Waals surface area contributed by atoms with Crippen LogP contribution in [-0.4, -0.2) is 21.5 Å². The standard InChI is InChI=1S/C12H12Cl2N4S/c1-2-5-16-12-17-7-9(14)11(18-12)19-10-8(13)4-3-6-15-10/h3-4,6-7H,2,5H2,1H3,(H,16,17,18). The first-order chi connectivity index (χ1) is 9.20. The zero-order chi connectivity index (χ0) is 13.7. The van der Waals surface area contributed by atoms with E-state index in [1.807, 2.05) is 0 Å². The number of halogens is 2. The minimum Gasteiger partial charge on any atom is -0.354 e. The van der Waals surface area contributed by atoms with Crippen molar-refractivity contribution in [2.24, 2.45) is 0 Å². The van der Waals surface area contributed by atoms with E-state index in [0.717, 1.165) is 13.0 Å². The van der Waals surface area contributed by atoms with Gasteiger partial charge in [-0.15, -0.1) is 0 Å². The van der Waals surface area contributed by atoms with Gasteiger partial charge in [-0.3, -0.25) is 0 Å². The quantitative estimate of drug-likeness (QED) is 0.840. The Balaban J connectivity index is 2.21. The summed E-state index contributed by atoms with van der Waals surface area (Å²) in [5, 5.41) is 5.48. The highest BCUT2D eigenvalue weighted by Crippen LogP contribution is 2.34. The predicted molar refractivity (Wildman–Crippen MR) is 79.2 cm³/mol. The molecule has 19 heavy (non-hydrogen) atoms. The Bertz CT molecular complexity index is 565. The maximum atomic E-state index is 6.09. The molecular formula is C12H12Cl2N4S. The van der Waals surface area contributed by atoms with Crippen LogP contribution in [0.1, 0.15) is 13.3 Å². The van der Waals surface area contributed by atoms with Crippen LogP contribution in [0.15, 0.2) is 34.6 Å². The fourth-order valence-electron chi connectivity index (χ4n) is 1.28. The van der Waals surface area contributed by atoms with Crippen LogP contribution in [0.5, 0.6) is 0 Å². The van der Waals surface area contributed by atoms with Crippen LogP contribution >= 0.6 is 35.0 Å². The minimum absolute atomic E-state index is 0.480. The second-order valence-electron chi connectivity index (χ2n) is 3.67. The smallest absolute Gasteiger partial charge is 0.223 e. The number of hydrogen-bond acceptors (Lipinski definition) is 5. The summed E-state index contributed by atoms with van der Waals surface area (Å²) >= 11 is 13.5. The summed E-state index contributed by atoms with van der Waals surface area (Å²) in [6, 6.07) is 3.56. The van der Waals surface area contributed by atoms with Gasteiger partial charge in [-0.05, 0) is 30.3 Å². The van der Waals surface area contributed by atoms with Crippen molar-refractivity contribution >= 4 is 40.9 Å². The van der Waals surface area contributed by atoms with Crippen LogP contribution in [0.4, 0.5) is 5.95 Å². The van der Waals surface area contributed by atoms with E-state index >= 15 is 0 Å². The molecule has 0 aromatic carbocycles. The highest BCUT2D eigenvalue weighted by Gasteiger charge is 2.10. The molecule has 7 heteroatoms. The van der Waals surface area contributed by atoms with Crippen LogP contribution in [0.3, 0.4) is 0 Å². The first-order valence-corrected chi connectivity index (χ1v) is 7.32. The highest BCUT2D eigenvalue weighted by atomic mass is 35.5. The molecule has 0 aliphatic heterocycles. The third kappa shape index (κ3) is 3.96. The molecule has 2 rings (SSSR count). The Morgan fingerprint density at radius 3 is 2.79 bits per heavy atom. The van der Waals surface area contributed by atoms with Crippen LogP contribution in [0, 0.1) is 0 Å². The normalized spacial score (nSPS) is 10.5. The van der Waals surface area contributed by atoms with Gasteiger partial charge in [0.25, 0.3) is 0 Å². The van der Waals surface area contributed by atoms with Gasteiger partial charge in [0.2, 0.25) is 5.95 Å². The van der Waals surface area contributed by atoms with E-state index in [4.69, 9.17) is 23.2 Å². The van der Waals surface area contributed by atoms with Gasteiger partial charge in [0.1, 0.15) is 10.1 Å². The number of hydrogen-bond donors (Lipinski definition) is 1. The van der Waals surface area contributed by atoms with Crippen molar-refractivity contribution in [1.29, 1.82) is 0 Å². The molecule has 0 aliphatic rings. The van der Waals surface area contributed by atoms with E-state index in [1.165, 1.54) is 11.8 Å². The van der Waals surface area contributed by atoms with E-state index in [0.29, 0.717) is 26.0 Å². The molecule has 2 aromatic rings. The van der Waals surface area contributed by atoms with Crippen molar-refractivity contribution in [3.8, 4) is 0 Å². The molecule has 4 nitrogen and oxygen atoms in total. The fourth-order valence-corrected chi connectivity index (χ4v) is 2.47. The molecule has 0 fully saturated rings. The molecule has 1 N–H and O–H groups in total. The van der Waals surface area contributed by atoms with Crippen molar-refractivity contribution in [3.05, 3.63) is 34.6 Å². The third-order valence-electron chi connectivity index (χ3n) is 2.16. The number of nitrogens with one attached hydrogen (secondary N) is 1. The van der Waals surface area contributed by atoms with E-state index in [2.05, 4.69) is 27.2 Å². The minimum atomic E-state index is 0.480. The zero-order valence-corrected chi connectivity index (χ0v) is 12.6. The molecule has 2 aromatic heterocycles. The second-order valence-corrected chi connectivity index (χ2v) is 5.46. The van der Waals surface area contributed by atoms with Gasteiger partial charge < -0.3 is 5.32 Å². The van der Waals surface area contributed by atoms with Crippen LogP contribution in [0.2, 0.25) is 10.0 Å². The Morgan fingerprint density at radius 2 is 2.05 bits per heavy atom. The zero-order valence-electron chi connectivity index (χ0n) is 10.2. The number of nitrogens with zero attached hydrogens (tertiary/aromatic N) is 3. The fraction of sp³-hybridized carbons (Fsp3) is 0.250. The van der Waals surface area contributed by atoms with E-state index in [-0.39, 0.29) is 0 Å². The molecule has 0 atom stereocenters. The molecule has 0 aliphatic carbocycles. The first kappa shape index (κ1) is 14.4. The monoisotopic (exact) mass is 314 g/mol. The molecule has 0 saturated carbocycles. The third-order valence-corrected chi connectivity index (χ3v) is 3.99. The topological polar surface area (TPSA) is 50.7 Å². The summed E-state index contributed by atoms with van der Waals surface area (Å²) in [6.07, 6.45) is 4.26. The average molecular weight is 315 g/mol. The largest absolute Gasteiger partial charge is 0.354 e. The lowest BCUT2D eigenvalue weighted by Gasteiger charge is -2.07. The molecular weight excluding hydrogens is 303 g/mol. The lowest BCUT2D eigenvalue weighted by atomic mass is 10.5. The van der Waals surface area contributed by atoms with E-state index < -0.39 is 0 Å². The SMILES string of the molecule is CCCNc1ncc(Cl)c(Sc2ncccc2Cl)n1. The van der Waals surface area contributed by atoms with Crippen LogP contribution in [0.25, 0.3) is 0 Å². The van der Waals surface area contributed by atoms with Gasteiger partial charge in [0, 0.05) is 12.7 Å². The average Bonchev–Trinajstić information content (AvgIpc) is 2.42. The maximum absolute atomic E-state index is 6.09. The summed E-state index contributed by atoms with van der Waals surface area (Å²) in [5.74, 6) is 0.556. The Morgan fingerprint density at radius 1 is 1.21 bits per heavy atom. The molecule has 0 saturated heterocycles. The molecule has 2 heterocycles. The molecule has 0 spiro atoms. The lowest BCUT2D eigenvalue weighted by molar-refractivity contribution is 0.934. The van der Waals surface area contributed by atoms with Gasteiger partial charge in [-0.1, -0.05) is 30.1 Å². The van der Waals surface area contributed by atoms with Gasteiger partial charge in [0.15, 0.2) is 0 Å². The lowest BCUT2D eigenvalue weighted by Crippen LogP contribution is -2.04. The molecule has 100 valence electrons. The maximum Gasteiger partial charge on any atom is 0.223 e. The molecule has 0 unspecified atom stereocenters. The van der Waals surface area contributed by atoms with Crippen molar-refractivity contribution in [2.75, 3.05) is 11.9 Å².